The van der Waals surface area contributed by atoms with Crippen LogP contribution in [0.15, 0.2) is 47.4 Å². The van der Waals surface area contributed by atoms with Gasteiger partial charge in [0, 0.05) is 30.4 Å². The highest BCUT2D eigenvalue weighted by atomic mass is 32.2. The predicted octanol–water partition coefficient (Wildman–Crippen LogP) is 2.50. The number of halogens is 1. The fourth-order valence-corrected chi connectivity index (χ4v) is 4.02. The maximum atomic E-state index is 13.7. The van der Waals surface area contributed by atoms with Gasteiger partial charge in [0.05, 0.1) is 4.90 Å². The van der Waals surface area contributed by atoms with Crippen LogP contribution >= 0.6 is 0 Å². The molecule has 27 heavy (non-hydrogen) atoms. The van der Waals surface area contributed by atoms with Crippen LogP contribution in [0.2, 0.25) is 0 Å². The Bertz CT molecular complexity index is 954. The fraction of sp³-hybridized carbons (Fsp3) is 0.316. The van der Waals surface area contributed by atoms with E-state index in [0.29, 0.717) is 24.2 Å². The zero-order valence-corrected chi connectivity index (χ0v) is 15.8. The quantitative estimate of drug-likeness (QED) is 0.838. The van der Waals surface area contributed by atoms with E-state index in [-0.39, 0.29) is 22.5 Å². The number of amides is 1. The number of aryl methyl sites for hydroxylation is 1. The lowest BCUT2D eigenvalue weighted by Crippen LogP contribution is -2.42. The molecule has 1 heterocycles. The van der Waals surface area contributed by atoms with Crippen molar-refractivity contribution in [3.05, 3.63) is 59.4 Å². The van der Waals surface area contributed by atoms with Crippen molar-refractivity contribution in [3.63, 3.8) is 0 Å². The van der Waals surface area contributed by atoms with E-state index in [1.54, 1.807) is 30.0 Å². The summed E-state index contributed by atoms with van der Waals surface area (Å²) >= 11 is 0. The van der Waals surface area contributed by atoms with Crippen LogP contribution in [0.1, 0.15) is 28.8 Å². The molecule has 0 saturated carbocycles. The monoisotopic (exact) mass is 391 g/mol. The Kier molecular flexibility index (Phi) is 5.48. The Labute approximate surface area is 158 Å². The van der Waals surface area contributed by atoms with E-state index in [1.807, 2.05) is 0 Å². The SMILES string of the molecule is Cc1ccc(S(=O)(=O)Nc2cccc(C(=O)N3CCC(N)CC3)c2)cc1F. The van der Waals surface area contributed by atoms with Crippen LogP contribution in [-0.4, -0.2) is 38.4 Å². The van der Waals surface area contributed by atoms with Crippen molar-refractivity contribution in [2.75, 3.05) is 17.8 Å². The summed E-state index contributed by atoms with van der Waals surface area (Å²) in [6, 6.07) is 10.1. The number of rotatable bonds is 4. The van der Waals surface area contributed by atoms with Gasteiger partial charge >= 0.3 is 0 Å². The average molecular weight is 391 g/mol. The van der Waals surface area contributed by atoms with Crippen molar-refractivity contribution in [3.8, 4) is 0 Å². The molecular weight excluding hydrogens is 369 g/mol. The Morgan fingerprint density at radius 2 is 1.89 bits per heavy atom. The van der Waals surface area contributed by atoms with Crippen LogP contribution in [0, 0.1) is 12.7 Å². The van der Waals surface area contributed by atoms with Crippen LogP contribution in [-0.2, 0) is 10.0 Å². The zero-order chi connectivity index (χ0) is 19.6. The van der Waals surface area contributed by atoms with Gasteiger partial charge in [0.15, 0.2) is 0 Å². The van der Waals surface area contributed by atoms with E-state index in [2.05, 4.69) is 4.72 Å². The minimum Gasteiger partial charge on any atom is -0.339 e. The van der Waals surface area contributed by atoms with Crippen molar-refractivity contribution in [2.24, 2.45) is 5.73 Å². The molecule has 0 radical (unpaired) electrons. The highest BCUT2D eigenvalue weighted by molar-refractivity contribution is 7.92. The summed E-state index contributed by atoms with van der Waals surface area (Å²) in [6.45, 7) is 2.72. The van der Waals surface area contributed by atoms with Gasteiger partial charge in [-0.1, -0.05) is 12.1 Å². The second kappa shape index (κ2) is 7.66. The second-order valence-electron chi connectivity index (χ2n) is 6.73. The van der Waals surface area contributed by atoms with Crippen LogP contribution in [0.4, 0.5) is 10.1 Å². The molecular formula is C19H22FN3O3S. The molecule has 1 aliphatic rings. The van der Waals surface area contributed by atoms with Crippen LogP contribution < -0.4 is 10.5 Å². The summed E-state index contributed by atoms with van der Waals surface area (Å²) in [5.41, 5.74) is 6.86. The Hall–Kier alpha value is -2.45. The first-order valence-electron chi connectivity index (χ1n) is 8.70. The van der Waals surface area contributed by atoms with Gasteiger partial charge in [0.2, 0.25) is 0 Å². The molecule has 0 bridgehead atoms. The van der Waals surface area contributed by atoms with E-state index in [9.17, 15) is 17.6 Å². The molecule has 3 rings (SSSR count). The molecule has 3 N–H and O–H groups in total. The first kappa shape index (κ1) is 19.3. The fourth-order valence-electron chi connectivity index (χ4n) is 2.96. The van der Waals surface area contributed by atoms with E-state index < -0.39 is 15.8 Å². The van der Waals surface area contributed by atoms with Gasteiger partial charge in [-0.05, 0) is 55.7 Å². The number of carbonyl (C=O) groups excluding carboxylic acids is 1. The minimum absolute atomic E-state index is 0.113. The van der Waals surface area contributed by atoms with Crippen molar-refractivity contribution >= 4 is 21.6 Å². The molecule has 0 unspecified atom stereocenters. The summed E-state index contributed by atoms with van der Waals surface area (Å²) < 4.78 is 41.1. The number of benzene rings is 2. The number of carbonyl (C=O) groups is 1. The molecule has 0 spiro atoms. The van der Waals surface area contributed by atoms with E-state index in [1.165, 1.54) is 18.2 Å². The van der Waals surface area contributed by atoms with Gasteiger partial charge in [-0.25, -0.2) is 12.8 Å². The third-order valence-electron chi connectivity index (χ3n) is 4.64. The number of sulfonamides is 1. The summed E-state index contributed by atoms with van der Waals surface area (Å²) in [5, 5.41) is 0. The number of nitrogens with one attached hydrogen (secondary N) is 1. The highest BCUT2D eigenvalue weighted by Crippen LogP contribution is 2.21. The van der Waals surface area contributed by atoms with Gasteiger partial charge in [0.25, 0.3) is 15.9 Å². The minimum atomic E-state index is -3.96. The normalized spacial score (nSPS) is 15.6. The lowest BCUT2D eigenvalue weighted by atomic mass is 10.0. The van der Waals surface area contributed by atoms with Gasteiger partial charge in [-0.15, -0.1) is 0 Å². The molecule has 1 fully saturated rings. The average Bonchev–Trinajstić information content (AvgIpc) is 2.64. The van der Waals surface area contributed by atoms with Gasteiger partial charge < -0.3 is 10.6 Å². The van der Waals surface area contributed by atoms with Crippen molar-refractivity contribution in [1.29, 1.82) is 0 Å². The molecule has 6 nitrogen and oxygen atoms in total. The van der Waals surface area contributed by atoms with Crippen LogP contribution in [0.3, 0.4) is 0 Å². The Balaban J connectivity index is 1.79. The molecule has 0 aromatic heterocycles. The standard InChI is InChI=1S/C19H22FN3O3S/c1-13-5-6-17(12-18(13)20)27(25,26)22-16-4-2-3-14(11-16)19(24)23-9-7-15(21)8-10-23/h2-6,11-12,15,22H,7-10,21H2,1H3. The van der Waals surface area contributed by atoms with E-state index in [0.717, 1.165) is 18.9 Å². The molecule has 2 aromatic carbocycles. The molecule has 144 valence electrons. The van der Waals surface area contributed by atoms with E-state index in [4.69, 9.17) is 5.73 Å². The third kappa shape index (κ3) is 4.45. The summed E-state index contributed by atoms with van der Waals surface area (Å²) in [4.78, 5) is 14.2. The van der Waals surface area contributed by atoms with Crippen LogP contribution in [0.5, 0.6) is 0 Å². The number of nitrogens with two attached hydrogens (primary N) is 1. The topological polar surface area (TPSA) is 92.5 Å². The smallest absolute Gasteiger partial charge is 0.261 e. The zero-order valence-electron chi connectivity index (χ0n) is 15.0. The molecule has 8 heteroatoms. The summed E-state index contributed by atoms with van der Waals surface area (Å²) in [5.74, 6) is -0.755. The third-order valence-corrected chi connectivity index (χ3v) is 6.02. The highest BCUT2D eigenvalue weighted by Gasteiger charge is 2.22. The van der Waals surface area contributed by atoms with Crippen molar-refractivity contribution < 1.29 is 17.6 Å². The van der Waals surface area contributed by atoms with E-state index >= 15 is 0 Å². The number of likely N-dealkylation sites (tertiary alicyclic amines) is 1. The number of nitrogens with zero attached hydrogens (tertiary/aromatic N) is 1. The number of anilines is 1. The summed E-state index contributed by atoms with van der Waals surface area (Å²) in [7, 11) is -3.96. The molecule has 2 aromatic rings. The molecule has 0 aliphatic carbocycles. The lowest BCUT2D eigenvalue weighted by molar-refractivity contribution is 0.0715. The van der Waals surface area contributed by atoms with Gasteiger partial charge in [0.1, 0.15) is 5.82 Å². The molecule has 1 amide bonds. The number of hydrogen-bond acceptors (Lipinski definition) is 4. The number of piperidine rings is 1. The summed E-state index contributed by atoms with van der Waals surface area (Å²) in [6.07, 6.45) is 1.49. The maximum Gasteiger partial charge on any atom is 0.261 e. The first-order valence-corrected chi connectivity index (χ1v) is 10.2. The molecule has 0 atom stereocenters. The Morgan fingerprint density at radius 3 is 2.56 bits per heavy atom. The first-order chi connectivity index (χ1) is 12.8. The number of hydrogen-bond donors (Lipinski definition) is 2. The predicted molar refractivity (Wildman–Crippen MR) is 102 cm³/mol. The van der Waals surface area contributed by atoms with Gasteiger partial charge in [-0.3, -0.25) is 9.52 Å². The van der Waals surface area contributed by atoms with Crippen LogP contribution in [0.25, 0.3) is 0 Å². The van der Waals surface area contributed by atoms with Gasteiger partial charge in [-0.2, -0.15) is 0 Å². The molecule has 1 aliphatic heterocycles. The van der Waals surface area contributed by atoms with Crippen molar-refractivity contribution in [2.45, 2.75) is 30.7 Å². The molecule has 1 saturated heterocycles. The second-order valence-corrected chi connectivity index (χ2v) is 8.41. The van der Waals surface area contributed by atoms with Crippen molar-refractivity contribution in [1.82, 2.24) is 4.90 Å². The lowest BCUT2D eigenvalue weighted by Gasteiger charge is -2.30. The Morgan fingerprint density at radius 1 is 1.19 bits per heavy atom. The largest absolute Gasteiger partial charge is 0.339 e. The maximum absolute atomic E-state index is 13.7.